The van der Waals surface area contributed by atoms with Gasteiger partial charge in [0.15, 0.2) is 0 Å². The van der Waals surface area contributed by atoms with Crippen molar-refractivity contribution >= 4 is 17.2 Å². The molecule has 0 amide bonds. The van der Waals surface area contributed by atoms with E-state index in [1.54, 1.807) is 37.5 Å². The Labute approximate surface area is 155 Å². The van der Waals surface area contributed by atoms with Gasteiger partial charge in [0.2, 0.25) is 0 Å². The van der Waals surface area contributed by atoms with Gasteiger partial charge in [-0.05, 0) is 26.0 Å². The Hall–Kier alpha value is -3.73. The van der Waals surface area contributed by atoms with E-state index in [4.69, 9.17) is 4.74 Å². The number of esters is 1. The molecule has 0 fully saturated rings. The molecule has 3 rings (SSSR count). The van der Waals surface area contributed by atoms with Crippen LogP contribution < -0.4 is 10.9 Å². The van der Waals surface area contributed by atoms with Gasteiger partial charge in [-0.15, -0.1) is 0 Å². The number of nitrogens with one attached hydrogen (secondary N) is 1. The van der Waals surface area contributed by atoms with Gasteiger partial charge >= 0.3 is 5.97 Å². The summed E-state index contributed by atoms with van der Waals surface area (Å²) in [6.45, 7) is 3.86. The van der Waals surface area contributed by atoms with Crippen molar-refractivity contribution in [3.63, 3.8) is 0 Å². The molecule has 0 aromatic carbocycles. The molecule has 136 valence electrons. The summed E-state index contributed by atoms with van der Waals surface area (Å²) in [6.07, 6.45) is 4.71. The number of carbonyl (C=O) groups is 1. The zero-order valence-corrected chi connectivity index (χ0v) is 14.9. The maximum atomic E-state index is 12.7. The van der Waals surface area contributed by atoms with E-state index in [0.717, 1.165) is 5.69 Å². The SMILES string of the molecule is CCOC(=O)c1c(NCc2cncc(C)n2)c(C#N)c(=O)n2ccccc12. The number of nitrogens with zero attached hydrogens (tertiary/aromatic N) is 4. The molecular weight excluding hydrogens is 346 g/mol. The average molecular weight is 363 g/mol. The highest BCUT2D eigenvalue weighted by Gasteiger charge is 2.23. The lowest BCUT2D eigenvalue weighted by atomic mass is 10.1. The van der Waals surface area contributed by atoms with Crippen molar-refractivity contribution in [2.75, 3.05) is 11.9 Å². The van der Waals surface area contributed by atoms with Gasteiger partial charge in [-0.25, -0.2) is 4.79 Å². The molecule has 8 nitrogen and oxygen atoms in total. The van der Waals surface area contributed by atoms with E-state index in [1.807, 2.05) is 13.0 Å². The first-order chi connectivity index (χ1) is 13.1. The number of aromatic nitrogens is 3. The number of carbonyl (C=O) groups excluding carboxylic acids is 1. The van der Waals surface area contributed by atoms with Crippen LogP contribution in [0.5, 0.6) is 0 Å². The lowest BCUT2D eigenvalue weighted by molar-refractivity contribution is 0.0529. The van der Waals surface area contributed by atoms with Crippen molar-refractivity contribution in [3.05, 3.63) is 69.7 Å². The molecule has 0 atom stereocenters. The minimum atomic E-state index is -0.615. The van der Waals surface area contributed by atoms with Crippen molar-refractivity contribution in [1.29, 1.82) is 5.26 Å². The van der Waals surface area contributed by atoms with Crippen LogP contribution in [0.15, 0.2) is 41.6 Å². The molecule has 0 unspecified atom stereocenters. The predicted molar refractivity (Wildman–Crippen MR) is 98.4 cm³/mol. The van der Waals surface area contributed by atoms with Crippen LogP contribution in [0.1, 0.15) is 34.2 Å². The maximum absolute atomic E-state index is 12.7. The van der Waals surface area contributed by atoms with Crippen molar-refractivity contribution in [2.45, 2.75) is 20.4 Å². The molecular formula is C19H17N5O3. The van der Waals surface area contributed by atoms with Gasteiger partial charge in [0.1, 0.15) is 17.2 Å². The summed E-state index contributed by atoms with van der Waals surface area (Å²) in [5.41, 5.74) is 1.30. The second kappa shape index (κ2) is 7.66. The van der Waals surface area contributed by atoms with Crippen LogP contribution in [-0.4, -0.2) is 26.9 Å². The Morgan fingerprint density at radius 3 is 2.89 bits per heavy atom. The molecule has 0 aliphatic carbocycles. The molecule has 3 heterocycles. The lowest BCUT2D eigenvalue weighted by Crippen LogP contribution is -2.24. The summed E-state index contributed by atoms with van der Waals surface area (Å²) >= 11 is 0. The molecule has 0 spiro atoms. The number of pyridine rings is 2. The summed E-state index contributed by atoms with van der Waals surface area (Å²) in [5, 5.41) is 12.6. The highest BCUT2D eigenvalue weighted by Crippen LogP contribution is 2.24. The molecule has 0 aliphatic rings. The number of anilines is 1. The van der Waals surface area contributed by atoms with Crippen molar-refractivity contribution in [2.24, 2.45) is 0 Å². The van der Waals surface area contributed by atoms with E-state index in [1.165, 1.54) is 10.6 Å². The molecule has 0 bridgehead atoms. The number of hydrogen-bond acceptors (Lipinski definition) is 7. The molecule has 27 heavy (non-hydrogen) atoms. The number of aryl methyl sites for hydroxylation is 1. The molecule has 0 saturated carbocycles. The van der Waals surface area contributed by atoms with E-state index < -0.39 is 11.5 Å². The largest absolute Gasteiger partial charge is 0.462 e. The maximum Gasteiger partial charge on any atom is 0.342 e. The summed E-state index contributed by atoms with van der Waals surface area (Å²) < 4.78 is 6.42. The number of ether oxygens (including phenoxy) is 1. The van der Waals surface area contributed by atoms with E-state index in [-0.39, 0.29) is 30.0 Å². The Morgan fingerprint density at radius 1 is 1.37 bits per heavy atom. The molecule has 8 heteroatoms. The van der Waals surface area contributed by atoms with Crippen molar-refractivity contribution in [1.82, 2.24) is 14.4 Å². The summed E-state index contributed by atoms with van der Waals surface area (Å²) in [6, 6.07) is 6.89. The third-order valence-corrected chi connectivity index (χ3v) is 3.89. The lowest BCUT2D eigenvalue weighted by Gasteiger charge is -2.15. The quantitative estimate of drug-likeness (QED) is 0.691. The first-order valence-corrected chi connectivity index (χ1v) is 8.32. The van der Waals surface area contributed by atoms with Gasteiger partial charge < -0.3 is 10.1 Å². The van der Waals surface area contributed by atoms with Gasteiger partial charge in [-0.3, -0.25) is 19.2 Å². The van der Waals surface area contributed by atoms with Gasteiger partial charge in [0.25, 0.3) is 5.56 Å². The Balaban J connectivity index is 2.19. The van der Waals surface area contributed by atoms with Gasteiger partial charge in [0, 0.05) is 12.4 Å². The monoisotopic (exact) mass is 363 g/mol. The van der Waals surface area contributed by atoms with Gasteiger partial charge in [-0.2, -0.15) is 5.26 Å². The van der Waals surface area contributed by atoms with Crippen LogP contribution in [0.2, 0.25) is 0 Å². The third kappa shape index (κ3) is 3.48. The van der Waals surface area contributed by atoms with Crippen LogP contribution in [0.25, 0.3) is 5.52 Å². The van der Waals surface area contributed by atoms with Gasteiger partial charge in [0.05, 0.1) is 41.9 Å². The van der Waals surface area contributed by atoms with Crippen LogP contribution in [0.4, 0.5) is 5.69 Å². The number of hydrogen-bond donors (Lipinski definition) is 1. The molecule has 3 aromatic rings. The summed E-state index contributed by atoms with van der Waals surface area (Å²) in [5.74, 6) is -0.615. The number of nitriles is 1. The average Bonchev–Trinajstić information content (AvgIpc) is 2.66. The van der Waals surface area contributed by atoms with E-state index in [2.05, 4.69) is 15.3 Å². The molecule has 3 aromatic heterocycles. The fourth-order valence-corrected chi connectivity index (χ4v) is 2.77. The topological polar surface area (TPSA) is 109 Å². The predicted octanol–water partition coefficient (Wildman–Crippen LogP) is 2.06. The van der Waals surface area contributed by atoms with Crippen LogP contribution in [-0.2, 0) is 11.3 Å². The standard InChI is InChI=1S/C19H17N5O3/c1-3-27-19(26)16-15-6-4-5-7-24(15)18(25)14(8-20)17(16)22-11-13-10-21-9-12(2)23-13/h4-7,9-10,22H,3,11H2,1-2H3. The molecule has 0 radical (unpaired) electrons. The van der Waals surface area contributed by atoms with E-state index >= 15 is 0 Å². The summed E-state index contributed by atoms with van der Waals surface area (Å²) in [7, 11) is 0. The Morgan fingerprint density at radius 2 is 2.19 bits per heavy atom. The normalized spacial score (nSPS) is 10.4. The fourth-order valence-electron chi connectivity index (χ4n) is 2.77. The zero-order valence-electron chi connectivity index (χ0n) is 14.9. The van der Waals surface area contributed by atoms with Crippen LogP contribution in [0, 0.1) is 18.3 Å². The smallest absolute Gasteiger partial charge is 0.342 e. The summed E-state index contributed by atoms with van der Waals surface area (Å²) in [4.78, 5) is 33.7. The second-order valence-corrected chi connectivity index (χ2v) is 5.72. The Kier molecular flexibility index (Phi) is 5.13. The minimum absolute atomic E-state index is 0.134. The van der Waals surface area contributed by atoms with E-state index in [0.29, 0.717) is 11.2 Å². The number of fused-ring (bicyclic) bond motifs is 1. The molecule has 0 aliphatic heterocycles. The fraction of sp³-hybridized carbons (Fsp3) is 0.211. The zero-order chi connectivity index (χ0) is 19.4. The molecule has 1 N–H and O–H groups in total. The second-order valence-electron chi connectivity index (χ2n) is 5.72. The van der Waals surface area contributed by atoms with Gasteiger partial charge in [-0.1, -0.05) is 6.07 Å². The first kappa shape index (κ1) is 18.1. The number of rotatable bonds is 5. The first-order valence-electron chi connectivity index (χ1n) is 8.32. The van der Waals surface area contributed by atoms with Crippen LogP contribution >= 0.6 is 0 Å². The highest BCUT2D eigenvalue weighted by molar-refractivity contribution is 6.04. The van der Waals surface area contributed by atoms with Crippen molar-refractivity contribution in [3.8, 4) is 6.07 Å². The highest BCUT2D eigenvalue weighted by atomic mass is 16.5. The Bertz CT molecular complexity index is 1110. The van der Waals surface area contributed by atoms with E-state index in [9.17, 15) is 14.9 Å². The van der Waals surface area contributed by atoms with Crippen LogP contribution in [0.3, 0.4) is 0 Å². The van der Waals surface area contributed by atoms with Crippen molar-refractivity contribution < 1.29 is 9.53 Å². The molecule has 0 saturated heterocycles. The third-order valence-electron chi connectivity index (χ3n) is 3.89. The minimum Gasteiger partial charge on any atom is -0.462 e.